The van der Waals surface area contributed by atoms with Crippen molar-refractivity contribution in [3.8, 4) is 5.75 Å². The zero-order valence-corrected chi connectivity index (χ0v) is 10.3. The van der Waals surface area contributed by atoms with E-state index in [-0.39, 0.29) is 0 Å². The third-order valence-corrected chi connectivity index (χ3v) is 2.96. The van der Waals surface area contributed by atoms with Crippen molar-refractivity contribution in [2.24, 2.45) is 0 Å². The Kier molecular flexibility index (Phi) is 3.31. The first-order valence-electron chi connectivity index (χ1n) is 5.22. The molecule has 0 bridgehead atoms. The van der Waals surface area contributed by atoms with Gasteiger partial charge in [-0.25, -0.2) is 0 Å². The third kappa shape index (κ3) is 2.17. The summed E-state index contributed by atoms with van der Waals surface area (Å²) in [5.41, 5.74) is 1.27. The monoisotopic (exact) mass is 267 g/mol. The summed E-state index contributed by atoms with van der Waals surface area (Å²) in [4.78, 5) is 0. The Morgan fingerprint density at radius 3 is 2.93 bits per heavy atom. The van der Waals surface area contributed by atoms with Gasteiger partial charge in [0, 0.05) is 23.6 Å². The van der Waals surface area contributed by atoms with E-state index in [1.54, 1.807) is 0 Å². The molecule has 0 saturated heterocycles. The molecule has 80 valence electrons. The van der Waals surface area contributed by atoms with Gasteiger partial charge in [-0.05, 0) is 30.7 Å². The second kappa shape index (κ2) is 4.71. The fourth-order valence-corrected chi connectivity index (χ4v) is 1.95. The molecule has 1 aromatic heterocycles. The summed E-state index contributed by atoms with van der Waals surface area (Å²) in [6, 6.07) is 8.23. The Morgan fingerprint density at radius 2 is 2.20 bits per heavy atom. The van der Waals surface area contributed by atoms with Crippen molar-refractivity contribution in [3.63, 3.8) is 0 Å². The predicted octanol–water partition coefficient (Wildman–Crippen LogP) is 4.13. The van der Waals surface area contributed by atoms with Crippen LogP contribution >= 0.6 is 16.3 Å². The van der Waals surface area contributed by atoms with Crippen LogP contribution in [0.15, 0.2) is 30.5 Å². The van der Waals surface area contributed by atoms with Crippen LogP contribution in [0, 0.1) is 0 Å². The summed E-state index contributed by atoms with van der Waals surface area (Å²) in [5, 5.41) is 1.23. The van der Waals surface area contributed by atoms with Gasteiger partial charge in [-0.1, -0.05) is 13.3 Å². The van der Waals surface area contributed by atoms with E-state index >= 15 is 0 Å². The molecule has 3 heteroatoms. The molecule has 2 nitrogen and oxygen atoms in total. The van der Waals surface area contributed by atoms with E-state index in [4.69, 9.17) is 3.83 Å². The maximum Gasteiger partial charge on any atom is 0.179 e. The van der Waals surface area contributed by atoms with Crippen LogP contribution in [-0.2, 0) is 6.54 Å². The van der Waals surface area contributed by atoms with E-state index in [1.165, 1.54) is 23.7 Å². The van der Waals surface area contributed by atoms with Crippen LogP contribution < -0.4 is 3.83 Å². The summed E-state index contributed by atoms with van der Waals surface area (Å²) in [5.74, 6) is 0.843. The highest BCUT2D eigenvalue weighted by atomic mass is 79.9. The van der Waals surface area contributed by atoms with Gasteiger partial charge < -0.3 is 8.40 Å². The Bertz CT molecular complexity index is 450. The van der Waals surface area contributed by atoms with E-state index in [2.05, 4.69) is 46.1 Å². The first-order chi connectivity index (χ1) is 7.35. The van der Waals surface area contributed by atoms with E-state index < -0.39 is 0 Å². The molecule has 0 aliphatic heterocycles. The zero-order chi connectivity index (χ0) is 10.7. The number of unbranched alkanes of at least 4 members (excludes halogenated alkanes) is 1. The molecule has 0 unspecified atom stereocenters. The SMILES string of the molecule is CCCCn1ccc2cc(OBr)ccc21. The Balaban J connectivity index is 2.34. The molecule has 0 amide bonds. The highest BCUT2D eigenvalue weighted by Crippen LogP contribution is 2.23. The molecule has 1 heterocycles. The van der Waals surface area contributed by atoms with E-state index in [1.807, 2.05) is 12.1 Å². The Labute approximate surface area is 98.3 Å². The maximum absolute atomic E-state index is 5.02. The number of nitrogens with zero attached hydrogens (tertiary/aromatic N) is 1. The molecule has 0 radical (unpaired) electrons. The second-order valence-electron chi connectivity index (χ2n) is 3.66. The molecule has 0 spiro atoms. The minimum Gasteiger partial charge on any atom is -0.418 e. The third-order valence-electron chi connectivity index (χ3n) is 2.58. The minimum absolute atomic E-state index is 0.843. The van der Waals surface area contributed by atoms with Crippen molar-refractivity contribution >= 4 is 27.2 Å². The van der Waals surface area contributed by atoms with Crippen LogP contribution in [0.5, 0.6) is 5.75 Å². The summed E-state index contributed by atoms with van der Waals surface area (Å²) in [6.45, 7) is 3.30. The Hall–Kier alpha value is -0.960. The average molecular weight is 268 g/mol. The van der Waals surface area contributed by atoms with Gasteiger partial charge in [-0.15, -0.1) is 0 Å². The number of halogens is 1. The average Bonchev–Trinajstić information content (AvgIpc) is 2.68. The molecular formula is C12H14BrNO. The fourth-order valence-electron chi connectivity index (χ4n) is 1.75. The van der Waals surface area contributed by atoms with Crippen molar-refractivity contribution in [3.05, 3.63) is 30.5 Å². The molecule has 0 aliphatic carbocycles. The van der Waals surface area contributed by atoms with Gasteiger partial charge in [0.1, 0.15) is 5.75 Å². The lowest BCUT2D eigenvalue weighted by Gasteiger charge is -2.04. The quantitative estimate of drug-likeness (QED) is 0.813. The molecule has 0 aliphatic rings. The number of hydrogen-bond donors (Lipinski definition) is 0. The van der Waals surface area contributed by atoms with E-state index in [9.17, 15) is 0 Å². The van der Waals surface area contributed by atoms with Crippen LogP contribution in [-0.4, -0.2) is 4.57 Å². The van der Waals surface area contributed by atoms with Gasteiger partial charge in [0.25, 0.3) is 0 Å². The second-order valence-corrected chi connectivity index (χ2v) is 3.98. The first kappa shape index (κ1) is 10.6. The number of fused-ring (bicyclic) bond motifs is 1. The number of hydrogen-bond acceptors (Lipinski definition) is 1. The lowest BCUT2D eigenvalue weighted by Crippen LogP contribution is -1.94. The van der Waals surface area contributed by atoms with Crippen molar-refractivity contribution in [1.82, 2.24) is 4.57 Å². The smallest absolute Gasteiger partial charge is 0.179 e. The van der Waals surface area contributed by atoms with Gasteiger partial charge in [0.15, 0.2) is 16.3 Å². The fraction of sp³-hybridized carbons (Fsp3) is 0.333. The highest BCUT2D eigenvalue weighted by molar-refractivity contribution is 9.06. The number of aromatic nitrogens is 1. The summed E-state index contributed by atoms with van der Waals surface area (Å²) < 4.78 is 7.30. The molecule has 0 saturated carbocycles. The highest BCUT2D eigenvalue weighted by Gasteiger charge is 2.01. The predicted molar refractivity (Wildman–Crippen MR) is 66.4 cm³/mol. The topological polar surface area (TPSA) is 14.2 Å². The summed E-state index contributed by atoms with van der Waals surface area (Å²) in [6.07, 6.45) is 4.58. The number of benzene rings is 1. The number of aryl methyl sites for hydroxylation is 1. The van der Waals surface area contributed by atoms with Crippen LogP contribution in [0.25, 0.3) is 10.9 Å². The summed E-state index contributed by atoms with van der Waals surface area (Å²) in [7, 11) is 0. The standard InChI is InChI=1S/C12H14BrNO/c1-2-3-7-14-8-6-10-9-11(15-13)4-5-12(10)14/h4-6,8-9H,2-3,7H2,1H3. The van der Waals surface area contributed by atoms with Crippen LogP contribution in [0.4, 0.5) is 0 Å². The molecule has 1 aromatic carbocycles. The van der Waals surface area contributed by atoms with Gasteiger partial charge in [0.2, 0.25) is 0 Å². The minimum atomic E-state index is 0.843. The lowest BCUT2D eigenvalue weighted by atomic mass is 10.2. The summed E-state index contributed by atoms with van der Waals surface area (Å²) >= 11 is 2.99. The Morgan fingerprint density at radius 1 is 1.33 bits per heavy atom. The van der Waals surface area contributed by atoms with Crippen molar-refractivity contribution in [2.75, 3.05) is 0 Å². The van der Waals surface area contributed by atoms with Gasteiger partial charge in [-0.2, -0.15) is 0 Å². The molecule has 15 heavy (non-hydrogen) atoms. The van der Waals surface area contributed by atoms with Crippen molar-refractivity contribution in [1.29, 1.82) is 0 Å². The van der Waals surface area contributed by atoms with Crippen molar-refractivity contribution in [2.45, 2.75) is 26.3 Å². The zero-order valence-electron chi connectivity index (χ0n) is 8.74. The van der Waals surface area contributed by atoms with Gasteiger partial charge >= 0.3 is 0 Å². The van der Waals surface area contributed by atoms with Crippen LogP contribution in [0.3, 0.4) is 0 Å². The largest absolute Gasteiger partial charge is 0.418 e. The van der Waals surface area contributed by atoms with Gasteiger partial charge in [-0.3, -0.25) is 0 Å². The molecular weight excluding hydrogens is 254 g/mol. The molecule has 0 fully saturated rings. The maximum atomic E-state index is 5.02. The molecule has 0 N–H and O–H groups in total. The van der Waals surface area contributed by atoms with Crippen molar-refractivity contribution < 1.29 is 3.83 Å². The normalized spacial score (nSPS) is 10.8. The van der Waals surface area contributed by atoms with E-state index in [0.29, 0.717) is 0 Å². The van der Waals surface area contributed by atoms with Crippen LogP contribution in [0.1, 0.15) is 19.8 Å². The van der Waals surface area contributed by atoms with E-state index in [0.717, 1.165) is 12.3 Å². The molecule has 2 aromatic rings. The number of rotatable bonds is 4. The lowest BCUT2D eigenvalue weighted by molar-refractivity contribution is 0.649. The molecule has 2 rings (SSSR count). The van der Waals surface area contributed by atoms with Gasteiger partial charge in [0.05, 0.1) is 0 Å². The molecule has 0 atom stereocenters. The van der Waals surface area contributed by atoms with Crippen LogP contribution in [0.2, 0.25) is 0 Å². The first-order valence-corrected chi connectivity index (χ1v) is 5.87.